The van der Waals surface area contributed by atoms with E-state index in [-0.39, 0.29) is 15.8 Å². The number of carbonyl (C=O) groups is 1. The van der Waals surface area contributed by atoms with Gasteiger partial charge in [0.05, 0.1) is 25.5 Å². The van der Waals surface area contributed by atoms with Crippen LogP contribution in [0.3, 0.4) is 0 Å². The summed E-state index contributed by atoms with van der Waals surface area (Å²) in [5.41, 5.74) is 1.69. The van der Waals surface area contributed by atoms with Gasteiger partial charge in [0.2, 0.25) is 0 Å². The molecule has 124 valence electrons. The molecule has 0 unspecified atom stereocenters. The van der Waals surface area contributed by atoms with E-state index >= 15 is 0 Å². The van der Waals surface area contributed by atoms with Crippen LogP contribution in [0.15, 0.2) is 11.1 Å². The van der Waals surface area contributed by atoms with Crippen LogP contribution in [-0.2, 0) is 15.6 Å². The number of fused-ring (bicyclic) bond motifs is 1. The number of ketones is 1. The summed E-state index contributed by atoms with van der Waals surface area (Å²) >= 11 is 25.8. The SMILES string of the molecule is CC1=C(C)[C@]2(C)c3c(Cl)c(Cl)c(Cl)c(Cl)c3[C@@]1(C)C(=O)C2(C)C. The standard InChI is InChI=1S/C18H18Cl4O/c1-7-8(2)18(6)10-9(11(19)13(21)14(22)12(10)20)17(7,5)15(23)16(18,3)4/h1-6H3/t17-,18+/m0/s1. The van der Waals surface area contributed by atoms with Gasteiger partial charge in [-0.2, -0.15) is 0 Å². The van der Waals surface area contributed by atoms with E-state index in [1.165, 1.54) is 0 Å². The molecule has 3 aliphatic rings. The summed E-state index contributed by atoms with van der Waals surface area (Å²) in [6.07, 6.45) is 0. The summed E-state index contributed by atoms with van der Waals surface area (Å²) < 4.78 is 0. The van der Waals surface area contributed by atoms with Gasteiger partial charge < -0.3 is 0 Å². The molecule has 3 aliphatic carbocycles. The predicted octanol–water partition coefficient (Wildman–Crippen LogP) is 6.77. The van der Waals surface area contributed by atoms with Gasteiger partial charge in [0.15, 0.2) is 5.78 Å². The first-order chi connectivity index (χ1) is 10.4. The molecule has 0 spiro atoms. The average Bonchev–Trinajstić information content (AvgIpc) is 2.49. The van der Waals surface area contributed by atoms with E-state index in [0.717, 1.165) is 16.7 Å². The molecule has 1 nitrogen and oxygen atoms in total. The van der Waals surface area contributed by atoms with Crippen LogP contribution in [0.4, 0.5) is 0 Å². The highest BCUT2D eigenvalue weighted by molar-refractivity contribution is 6.52. The van der Waals surface area contributed by atoms with Gasteiger partial charge in [0.1, 0.15) is 0 Å². The third-order valence-electron chi connectivity index (χ3n) is 6.60. The van der Waals surface area contributed by atoms with E-state index in [1.807, 2.05) is 34.6 Å². The van der Waals surface area contributed by atoms with Crippen molar-refractivity contribution in [2.75, 3.05) is 0 Å². The van der Waals surface area contributed by atoms with Gasteiger partial charge in [-0.3, -0.25) is 4.79 Å². The Hall–Kier alpha value is -0.210. The number of Topliss-reactive ketones (excluding diaryl/α,β-unsaturated/α-hetero) is 1. The third-order valence-corrected chi connectivity index (χ3v) is 8.40. The van der Waals surface area contributed by atoms with Gasteiger partial charge in [0.25, 0.3) is 0 Å². The van der Waals surface area contributed by atoms with Crippen LogP contribution in [-0.4, -0.2) is 5.78 Å². The average molecular weight is 392 g/mol. The molecule has 0 N–H and O–H groups in total. The molecule has 1 aromatic rings. The van der Waals surface area contributed by atoms with Gasteiger partial charge >= 0.3 is 0 Å². The first-order valence-electron chi connectivity index (χ1n) is 7.46. The number of rotatable bonds is 0. The van der Waals surface area contributed by atoms with E-state index < -0.39 is 16.2 Å². The molecular formula is C18H18Cl4O. The van der Waals surface area contributed by atoms with Crippen LogP contribution in [0.5, 0.6) is 0 Å². The van der Waals surface area contributed by atoms with E-state index in [1.54, 1.807) is 0 Å². The smallest absolute Gasteiger partial charge is 0.154 e. The number of carbonyl (C=O) groups excluding carboxylic acids is 1. The molecule has 0 saturated carbocycles. The molecule has 0 radical (unpaired) electrons. The lowest BCUT2D eigenvalue weighted by atomic mass is 9.41. The van der Waals surface area contributed by atoms with Crippen molar-refractivity contribution < 1.29 is 4.79 Å². The Kier molecular flexibility index (Phi) is 3.59. The fraction of sp³-hybridized carbons (Fsp3) is 0.500. The molecular weight excluding hydrogens is 374 g/mol. The summed E-state index contributed by atoms with van der Waals surface area (Å²) in [6.45, 7) is 12.0. The largest absolute Gasteiger partial charge is 0.298 e. The lowest BCUT2D eigenvalue weighted by molar-refractivity contribution is -0.137. The van der Waals surface area contributed by atoms with Crippen molar-refractivity contribution in [3.63, 3.8) is 0 Å². The van der Waals surface area contributed by atoms with Crippen LogP contribution in [0, 0.1) is 5.41 Å². The monoisotopic (exact) mass is 390 g/mol. The molecule has 0 fully saturated rings. The predicted molar refractivity (Wildman–Crippen MR) is 98.3 cm³/mol. The summed E-state index contributed by atoms with van der Waals surface area (Å²) in [5, 5.41) is 1.20. The Bertz CT molecular complexity index is 821. The molecule has 0 aromatic heterocycles. The van der Waals surface area contributed by atoms with Crippen molar-refractivity contribution in [2.24, 2.45) is 5.41 Å². The zero-order valence-electron chi connectivity index (χ0n) is 13.9. The number of hydrogen-bond donors (Lipinski definition) is 0. The second-order valence-corrected chi connectivity index (χ2v) is 8.97. The number of halogens is 4. The molecule has 1 aromatic carbocycles. The molecule has 23 heavy (non-hydrogen) atoms. The summed E-state index contributed by atoms with van der Waals surface area (Å²) in [7, 11) is 0. The van der Waals surface area contributed by atoms with Crippen LogP contribution >= 0.6 is 46.4 Å². The fourth-order valence-corrected chi connectivity index (χ4v) is 5.84. The molecule has 5 heteroatoms. The Morgan fingerprint density at radius 2 is 1.13 bits per heavy atom. The first kappa shape index (κ1) is 17.6. The summed E-state index contributed by atoms with van der Waals surface area (Å²) in [5.74, 6) is 0.138. The van der Waals surface area contributed by atoms with Gasteiger partial charge in [-0.15, -0.1) is 0 Å². The maximum absolute atomic E-state index is 13.4. The van der Waals surface area contributed by atoms with Crippen LogP contribution < -0.4 is 0 Å². The highest BCUT2D eigenvalue weighted by Gasteiger charge is 2.66. The highest BCUT2D eigenvalue weighted by atomic mass is 35.5. The van der Waals surface area contributed by atoms with Gasteiger partial charge in [-0.05, 0) is 31.9 Å². The Morgan fingerprint density at radius 3 is 1.61 bits per heavy atom. The fourth-order valence-electron chi connectivity index (χ4n) is 4.61. The minimum Gasteiger partial charge on any atom is -0.298 e. The van der Waals surface area contributed by atoms with E-state index in [0.29, 0.717) is 15.6 Å². The minimum atomic E-state index is -0.838. The molecule has 2 atom stereocenters. The normalized spacial score (nSPS) is 31.7. The molecule has 0 saturated heterocycles. The maximum Gasteiger partial charge on any atom is 0.154 e. The second-order valence-electron chi connectivity index (χ2n) is 7.46. The molecule has 0 amide bonds. The van der Waals surface area contributed by atoms with E-state index in [9.17, 15) is 4.79 Å². The molecule has 0 aliphatic heterocycles. The molecule has 2 bridgehead atoms. The lowest BCUT2D eigenvalue weighted by Crippen LogP contribution is -2.63. The van der Waals surface area contributed by atoms with E-state index in [4.69, 9.17) is 46.4 Å². The van der Waals surface area contributed by atoms with Crippen LogP contribution in [0.25, 0.3) is 0 Å². The van der Waals surface area contributed by atoms with Crippen molar-refractivity contribution in [1.29, 1.82) is 0 Å². The maximum atomic E-state index is 13.4. The summed E-state index contributed by atoms with van der Waals surface area (Å²) in [6, 6.07) is 0. The van der Waals surface area contributed by atoms with Crippen molar-refractivity contribution in [1.82, 2.24) is 0 Å². The molecule has 0 heterocycles. The quantitative estimate of drug-likeness (QED) is 0.270. The summed E-state index contributed by atoms with van der Waals surface area (Å²) in [4.78, 5) is 13.4. The third kappa shape index (κ3) is 1.61. The van der Waals surface area contributed by atoms with E-state index in [2.05, 4.69) is 6.92 Å². The molecule has 4 rings (SSSR count). The van der Waals surface area contributed by atoms with Gasteiger partial charge in [-0.25, -0.2) is 0 Å². The second kappa shape index (κ2) is 4.69. The van der Waals surface area contributed by atoms with Crippen molar-refractivity contribution in [2.45, 2.75) is 52.4 Å². The minimum absolute atomic E-state index is 0.138. The van der Waals surface area contributed by atoms with Gasteiger partial charge in [-0.1, -0.05) is 78.3 Å². The Balaban J connectivity index is 2.66. The van der Waals surface area contributed by atoms with Gasteiger partial charge in [0, 0.05) is 10.8 Å². The van der Waals surface area contributed by atoms with Crippen molar-refractivity contribution in [3.8, 4) is 0 Å². The zero-order chi connectivity index (χ0) is 17.7. The van der Waals surface area contributed by atoms with Crippen LogP contribution in [0.1, 0.15) is 52.7 Å². The number of hydrogen-bond acceptors (Lipinski definition) is 1. The van der Waals surface area contributed by atoms with Crippen molar-refractivity contribution >= 4 is 52.2 Å². The number of allylic oxidation sites excluding steroid dienone is 2. The van der Waals surface area contributed by atoms with Crippen molar-refractivity contribution in [3.05, 3.63) is 42.4 Å². The topological polar surface area (TPSA) is 17.1 Å². The first-order valence-corrected chi connectivity index (χ1v) is 8.97. The zero-order valence-corrected chi connectivity index (χ0v) is 16.9. The Labute approximate surface area is 156 Å². The van der Waals surface area contributed by atoms with Crippen LogP contribution in [0.2, 0.25) is 20.1 Å². The Morgan fingerprint density at radius 1 is 0.696 bits per heavy atom. The number of benzene rings is 1. The lowest BCUT2D eigenvalue weighted by Gasteiger charge is -2.60. The highest BCUT2D eigenvalue weighted by Crippen LogP contribution is 2.67.